The summed E-state index contributed by atoms with van der Waals surface area (Å²) in [6.07, 6.45) is 62.0. The van der Waals surface area contributed by atoms with Gasteiger partial charge in [0.2, 0.25) is 5.91 Å². The van der Waals surface area contributed by atoms with Crippen molar-refractivity contribution in [2.24, 2.45) is 0 Å². The Morgan fingerprint density at radius 2 is 0.793 bits per heavy atom. The van der Waals surface area contributed by atoms with Crippen LogP contribution in [-0.2, 0) is 23.7 Å². The molecule has 12 unspecified atom stereocenters. The molecule has 14 heteroatoms. The molecule has 0 aromatic carbocycles. The molecule has 2 fully saturated rings. The molecule has 14 nitrogen and oxygen atoms in total. The number of nitrogens with one attached hydrogen (secondary N) is 1. The Balaban J connectivity index is 1.70. The third-order valence-electron chi connectivity index (χ3n) is 16.8. The summed E-state index contributed by atoms with van der Waals surface area (Å²) < 4.78 is 22.9. The third kappa shape index (κ3) is 41.3. The van der Waals surface area contributed by atoms with Crippen molar-refractivity contribution in [3.8, 4) is 0 Å². The first-order chi connectivity index (χ1) is 42.6. The molecule has 2 aliphatic heterocycles. The van der Waals surface area contributed by atoms with Crippen LogP contribution < -0.4 is 5.32 Å². The highest BCUT2D eigenvalue weighted by atomic mass is 16.7. The average Bonchev–Trinajstić information content (AvgIpc) is 2.58. The van der Waals surface area contributed by atoms with Gasteiger partial charge in [0.25, 0.3) is 0 Å². The van der Waals surface area contributed by atoms with Crippen molar-refractivity contribution >= 4 is 5.91 Å². The lowest BCUT2D eigenvalue weighted by Crippen LogP contribution is -2.65. The van der Waals surface area contributed by atoms with Crippen LogP contribution in [0, 0.1) is 0 Å². The molecular formula is C73H129NO13. The monoisotopic (exact) mass is 1230 g/mol. The van der Waals surface area contributed by atoms with E-state index in [9.17, 15) is 45.6 Å². The fourth-order valence-electron chi connectivity index (χ4n) is 11.2. The zero-order valence-corrected chi connectivity index (χ0v) is 54.7. The van der Waals surface area contributed by atoms with Gasteiger partial charge in [0.15, 0.2) is 12.6 Å². The number of allylic oxidation sites excluding steroid dienone is 13. The van der Waals surface area contributed by atoms with E-state index < -0.39 is 86.8 Å². The fraction of sp³-hybridized carbons (Fsp3) is 0.795. The Labute approximate surface area is 529 Å². The minimum absolute atomic E-state index is 0.248. The van der Waals surface area contributed by atoms with Crippen molar-refractivity contribution in [3.05, 3.63) is 85.1 Å². The van der Waals surface area contributed by atoms with Gasteiger partial charge < -0.3 is 65.1 Å². The van der Waals surface area contributed by atoms with Crippen molar-refractivity contribution in [1.82, 2.24) is 5.32 Å². The zero-order valence-electron chi connectivity index (χ0n) is 54.7. The highest BCUT2D eigenvalue weighted by Crippen LogP contribution is 2.30. The van der Waals surface area contributed by atoms with Gasteiger partial charge in [-0.2, -0.15) is 0 Å². The van der Waals surface area contributed by atoms with E-state index in [2.05, 4.69) is 92.1 Å². The van der Waals surface area contributed by atoms with Gasteiger partial charge >= 0.3 is 0 Å². The molecule has 0 aromatic rings. The summed E-state index contributed by atoms with van der Waals surface area (Å²) >= 11 is 0. The van der Waals surface area contributed by atoms with Crippen molar-refractivity contribution in [2.75, 3.05) is 19.8 Å². The molecule has 504 valence electrons. The number of rotatable bonds is 57. The second-order valence-electron chi connectivity index (χ2n) is 24.6. The van der Waals surface area contributed by atoms with E-state index in [1.54, 1.807) is 6.08 Å². The lowest BCUT2D eigenvalue weighted by atomic mass is 9.97. The van der Waals surface area contributed by atoms with Crippen LogP contribution in [0.5, 0.6) is 0 Å². The van der Waals surface area contributed by atoms with Crippen LogP contribution >= 0.6 is 0 Å². The molecule has 0 bridgehead atoms. The largest absolute Gasteiger partial charge is 0.394 e. The molecule has 0 radical (unpaired) electrons. The van der Waals surface area contributed by atoms with Gasteiger partial charge in [-0.05, 0) is 70.6 Å². The molecule has 9 N–H and O–H groups in total. The van der Waals surface area contributed by atoms with Crippen LogP contribution in [0.3, 0.4) is 0 Å². The normalized spacial score (nSPS) is 23.8. The number of ether oxygens (including phenoxy) is 4. The number of carbonyl (C=O) groups is 1. The quantitative estimate of drug-likeness (QED) is 0.0204. The molecule has 2 rings (SSSR count). The highest BCUT2D eigenvalue weighted by Gasteiger charge is 2.51. The van der Waals surface area contributed by atoms with Gasteiger partial charge in [0.1, 0.15) is 48.8 Å². The Morgan fingerprint density at radius 1 is 0.425 bits per heavy atom. The summed E-state index contributed by atoms with van der Waals surface area (Å²) in [7, 11) is 0. The molecule has 1 amide bonds. The summed E-state index contributed by atoms with van der Waals surface area (Å²) in [6, 6.07) is -0.926. The third-order valence-corrected chi connectivity index (χ3v) is 16.8. The molecule has 2 heterocycles. The van der Waals surface area contributed by atoms with Crippen LogP contribution in [0.25, 0.3) is 0 Å². The van der Waals surface area contributed by atoms with Crippen LogP contribution in [-0.4, -0.2) is 140 Å². The molecule has 12 atom stereocenters. The summed E-state index contributed by atoms with van der Waals surface area (Å²) in [5, 5.41) is 87.5. The van der Waals surface area contributed by atoms with Crippen molar-refractivity contribution < 1.29 is 64.6 Å². The molecule has 0 aromatic heterocycles. The molecule has 87 heavy (non-hydrogen) atoms. The van der Waals surface area contributed by atoms with E-state index in [1.165, 1.54) is 161 Å². The minimum Gasteiger partial charge on any atom is -0.394 e. The minimum atomic E-state index is -1.79. The lowest BCUT2D eigenvalue weighted by molar-refractivity contribution is -0.359. The van der Waals surface area contributed by atoms with Crippen LogP contribution in [0.15, 0.2) is 85.1 Å². The Morgan fingerprint density at radius 3 is 1.22 bits per heavy atom. The Bertz CT molecular complexity index is 1780. The molecular weight excluding hydrogens is 1100 g/mol. The number of amides is 1. The first-order valence-electron chi connectivity index (χ1n) is 35.3. The maximum atomic E-state index is 13.3. The number of carbonyl (C=O) groups excluding carboxylic acids is 1. The maximum absolute atomic E-state index is 13.3. The summed E-state index contributed by atoms with van der Waals surface area (Å²) in [4.78, 5) is 13.3. The lowest BCUT2D eigenvalue weighted by Gasteiger charge is -2.46. The first-order valence-corrected chi connectivity index (χ1v) is 35.3. The zero-order chi connectivity index (χ0) is 63.1. The number of aliphatic hydroxyl groups excluding tert-OH is 8. The van der Waals surface area contributed by atoms with E-state index >= 15 is 0 Å². The second-order valence-corrected chi connectivity index (χ2v) is 24.6. The fourth-order valence-corrected chi connectivity index (χ4v) is 11.2. The molecule has 0 spiro atoms. The van der Waals surface area contributed by atoms with Gasteiger partial charge in [-0.1, -0.05) is 285 Å². The number of hydrogen-bond donors (Lipinski definition) is 9. The van der Waals surface area contributed by atoms with Gasteiger partial charge in [-0.3, -0.25) is 4.79 Å². The SMILES string of the molecule is CC/C=C\C/C=C\C/C=C\C/C=C\C/C=C\C/C=C\CCCCCCCCCCC(=O)NC(COC1OC(CO)C(OC2OC(CO)C(O)C(O)C2O)C(O)C1O)C(O)/C=C/CCCCCCCCCCCCCCCCCCCCCCCCCC. The van der Waals surface area contributed by atoms with Crippen molar-refractivity contribution in [3.63, 3.8) is 0 Å². The molecule has 0 aliphatic carbocycles. The summed E-state index contributed by atoms with van der Waals surface area (Å²) in [5.74, 6) is -0.248. The van der Waals surface area contributed by atoms with E-state index in [1.807, 2.05) is 6.08 Å². The predicted molar refractivity (Wildman–Crippen MR) is 355 cm³/mol. The van der Waals surface area contributed by atoms with Gasteiger partial charge in [0.05, 0.1) is 32.0 Å². The van der Waals surface area contributed by atoms with Gasteiger partial charge in [0, 0.05) is 6.42 Å². The standard InChI is InChI=1S/C73H129NO13/c1-3-5-7-9-11-13-15-17-19-21-23-25-27-29-31-33-35-37-39-41-43-45-47-49-51-53-55-57-65(78)74-61(60-84-72-70(83)68(81)71(64(59-76)86-72)87-73-69(82)67(80)66(79)63(58-75)85-73)62(77)56-54-52-50-48-46-44-42-40-38-36-34-32-30-28-26-24-22-20-18-16-14-12-10-8-6-4-2/h5,7,11,13,17,19,23,25,29,31,35,37,54,56,61-64,66-73,75-77,79-83H,3-4,6,8-10,12,14-16,18,20-22,24,26-28,30,32-34,36,38-53,55,57-60H2,1-2H3,(H,74,78)/b7-5-,13-11-,19-17-,25-23-,31-29-,37-35-,56-54+. The topological polar surface area (TPSA) is 228 Å². The average molecular weight is 1230 g/mol. The number of hydrogen-bond acceptors (Lipinski definition) is 13. The molecule has 0 saturated carbocycles. The number of unbranched alkanes of at least 4 members (excludes halogenated alkanes) is 32. The molecule has 2 aliphatic rings. The van der Waals surface area contributed by atoms with Crippen LogP contribution in [0.2, 0.25) is 0 Å². The summed E-state index contributed by atoms with van der Waals surface area (Å²) in [5.41, 5.74) is 0. The summed E-state index contributed by atoms with van der Waals surface area (Å²) in [6.45, 7) is 2.71. The highest BCUT2D eigenvalue weighted by molar-refractivity contribution is 5.76. The first kappa shape index (κ1) is 80.3. The van der Waals surface area contributed by atoms with E-state index in [4.69, 9.17) is 18.9 Å². The van der Waals surface area contributed by atoms with Crippen LogP contribution in [0.1, 0.15) is 277 Å². The van der Waals surface area contributed by atoms with Crippen molar-refractivity contribution in [1.29, 1.82) is 0 Å². The number of aliphatic hydroxyl groups is 8. The smallest absolute Gasteiger partial charge is 0.220 e. The van der Waals surface area contributed by atoms with E-state index in [0.717, 1.165) is 89.9 Å². The van der Waals surface area contributed by atoms with E-state index in [-0.39, 0.29) is 18.9 Å². The Hall–Kier alpha value is -2.83. The van der Waals surface area contributed by atoms with Crippen LogP contribution in [0.4, 0.5) is 0 Å². The van der Waals surface area contributed by atoms with E-state index in [0.29, 0.717) is 6.42 Å². The van der Waals surface area contributed by atoms with Gasteiger partial charge in [-0.15, -0.1) is 0 Å². The molecule has 2 saturated heterocycles. The maximum Gasteiger partial charge on any atom is 0.220 e. The second kappa shape index (κ2) is 57.1. The van der Waals surface area contributed by atoms with Crippen molar-refractivity contribution in [2.45, 2.75) is 351 Å². The predicted octanol–water partition coefficient (Wildman–Crippen LogP) is 14.4. The van der Waals surface area contributed by atoms with Gasteiger partial charge in [-0.25, -0.2) is 0 Å². The Kier molecular flexibility index (Phi) is 52.7.